The summed E-state index contributed by atoms with van der Waals surface area (Å²) in [6.07, 6.45) is 8.26. The lowest BCUT2D eigenvalue weighted by atomic mass is 10.00. The monoisotopic (exact) mass is 233 g/mol. The zero-order valence-electron chi connectivity index (χ0n) is 9.52. The van der Waals surface area contributed by atoms with Crippen LogP contribution in [0.1, 0.15) is 36.2 Å². The van der Waals surface area contributed by atoms with E-state index in [2.05, 4.69) is 21.4 Å². The second-order valence-electron chi connectivity index (χ2n) is 4.06. The number of hydrogen-bond donors (Lipinski definition) is 2. The maximum Gasteiger partial charge on any atom is 0.354 e. The van der Waals surface area contributed by atoms with Gasteiger partial charge in [-0.05, 0) is 25.7 Å². The van der Waals surface area contributed by atoms with Gasteiger partial charge in [0.2, 0.25) is 0 Å². The molecule has 0 amide bonds. The summed E-state index contributed by atoms with van der Waals surface area (Å²) in [5.41, 5.74) is 1.38. The van der Waals surface area contributed by atoms with Crippen LogP contribution in [-0.2, 0) is 0 Å². The van der Waals surface area contributed by atoms with E-state index < -0.39 is 5.97 Å². The minimum Gasteiger partial charge on any atom is -0.477 e. The van der Waals surface area contributed by atoms with E-state index in [1.807, 2.05) is 0 Å². The molecule has 2 N–H and O–H groups in total. The molecule has 5 heteroatoms. The minimum atomic E-state index is -1.03. The van der Waals surface area contributed by atoms with Crippen molar-refractivity contribution < 1.29 is 9.90 Å². The molecule has 0 bridgehead atoms. The molecule has 0 radical (unpaired) electrons. The van der Waals surface area contributed by atoms with E-state index in [1.54, 1.807) is 0 Å². The molecule has 0 atom stereocenters. The second kappa shape index (κ2) is 5.43. The van der Waals surface area contributed by atoms with E-state index in [0.29, 0.717) is 5.82 Å². The Bertz CT molecular complexity index is 443. The largest absolute Gasteiger partial charge is 0.477 e. The standard InChI is InChI=1S/C12H15N3O2/c16-12(17)10-6-11(15-8-14-10)13-7-9-4-2-1-3-5-9/h4,6,8H,1-3,5,7H2,(H,16,17)(H,13,14,15). The summed E-state index contributed by atoms with van der Waals surface area (Å²) in [6.45, 7) is 0.732. The van der Waals surface area contributed by atoms with Crippen molar-refractivity contribution >= 4 is 11.8 Å². The van der Waals surface area contributed by atoms with Crippen LogP contribution in [-0.4, -0.2) is 27.6 Å². The van der Waals surface area contributed by atoms with E-state index in [9.17, 15) is 4.79 Å². The fourth-order valence-electron chi connectivity index (χ4n) is 1.84. The smallest absolute Gasteiger partial charge is 0.354 e. The summed E-state index contributed by atoms with van der Waals surface area (Å²) in [5, 5.41) is 11.9. The molecule has 0 unspecified atom stereocenters. The number of aromatic nitrogens is 2. The Labute approximate surface area is 99.6 Å². The average molecular weight is 233 g/mol. The Morgan fingerprint density at radius 1 is 1.41 bits per heavy atom. The maximum absolute atomic E-state index is 10.7. The molecule has 1 aliphatic carbocycles. The lowest BCUT2D eigenvalue weighted by Gasteiger charge is -2.13. The summed E-state index contributed by atoms with van der Waals surface area (Å²) >= 11 is 0. The Morgan fingerprint density at radius 2 is 2.29 bits per heavy atom. The predicted molar refractivity (Wildman–Crippen MR) is 64.0 cm³/mol. The van der Waals surface area contributed by atoms with Gasteiger partial charge in [0.25, 0.3) is 0 Å². The molecule has 2 rings (SSSR count). The van der Waals surface area contributed by atoms with Crippen LogP contribution < -0.4 is 5.32 Å². The van der Waals surface area contributed by atoms with Crippen molar-refractivity contribution in [1.82, 2.24) is 9.97 Å². The zero-order valence-corrected chi connectivity index (χ0v) is 9.52. The summed E-state index contributed by atoms with van der Waals surface area (Å²) in [4.78, 5) is 18.4. The predicted octanol–water partition coefficient (Wildman–Crippen LogP) is 2.09. The van der Waals surface area contributed by atoms with Crippen molar-refractivity contribution in [2.75, 3.05) is 11.9 Å². The highest BCUT2D eigenvalue weighted by Gasteiger charge is 2.07. The molecule has 0 saturated carbocycles. The lowest BCUT2D eigenvalue weighted by Crippen LogP contribution is -2.10. The van der Waals surface area contributed by atoms with Gasteiger partial charge in [-0.3, -0.25) is 0 Å². The molecule has 1 aromatic rings. The van der Waals surface area contributed by atoms with E-state index in [0.717, 1.165) is 19.4 Å². The molecule has 0 aromatic carbocycles. The van der Waals surface area contributed by atoms with Gasteiger partial charge < -0.3 is 10.4 Å². The number of anilines is 1. The molecule has 0 spiro atoms. The fourth-order valence-corrected chi connectivity index (χ4v) is 1.84. The number of nitrogens with zero attached hydrogens (tertiary/aromatic N) is 2. The molecule has 90 valence electrons. The van der Waals surface area contributed by atoms with Crippen molar-refractivity contribution in [3.8, 4) is 0 Å². The van der Waals surface area contributed by atoms with Gasteiger partial charge >= 0.3 is 5.97 Å². The van der Waals surface area contributed by atoms with Crippen LogP contribution in [0, 0.1) is 0 Å². The molecule has 5 nitrogen and oxygen atoms in total. The minimum absolute atomic E-state index is 0.0140. The summed E-state index contributed by atoms with van der Waals surface area (Å²) in [7, 11) is 0. The van der Waals surface area contributed by atoms with E-state index >= 15 is 0 Å². The van der Waals surface area contributed by atoms with Gasteiger partial charge in [-0.2, -0.15) is 0 Å². The first-order valence-electron chi connectivity index (χ1n) is 5.73. The third kappa shape index (κ3) is 3.27. The molecule has 1 aliphatic rings. The van der Waals surface area contributed by atoms with Gasteiger partial charge in [0.15, 0.2) is 5.69 Å². The maximum atomic E-state index is 10.7. The number of allylic oxidation sites excluding steroid dienone is 1. The average Bonchev–Trinajstić information content (AvgIpc) is 2.38. The second-order valence-corrected chi connectivity index (χ2v) is 4.06. The molecule has 17 heavy (non-hydrogen) atoms. The number of aromatic carboxylic acids is 1. The zero-order chi connectivity index (χ0) is 12.1. The first-order valence-corrected chi connectivity index (χ1v) is 5.73. The van der Waals surface area contributed by atoms with Crippen molar-refractivity contribution in [3.05, 3.63) is 29.7 Å². The van der Waals surface area contributed by atoms with Crippen molar-refractivity contribution in [2.24, 2.45) is 0 Å². The molecule has 0 aliphatic heterocycles. The molecule has 0 saturated heterocycles. The van der Waals surface area contributed by atoms with Crippen LogP contribution in [0.4, 0.5) is 5.82 Å². The normalized spacial score (nSPS) is 15.2. The van der Waals surface area contributed by atoms with Crippen LogP contribution in [0.2, 0.25) is 0 Å². The SMILES string of the molecule is O=C(O)c1cc(NCC2=CCCCC2)ncn1. The lowest BCUT2D eigenvalue weighted by molar-refractivity contribution is 0.0690. The number of carbonyl (C=O) groups is 1. The first kappa shape index (κ1) is 11.6. The highest BCUT2D eigenvalue weighted by Crippen LogP contribution is 2.17. The van der Waals surface area contributed by atoms with Crippen LogP contribution in [0.3, 0.4) is 0 Å². The van der Waals surface area contributed by atoms with Gasteiger partial charge in [-0.1, -0.05) is 11.6 Å². The number of rotatable bonds is 4. The Kier molecular flexibility index (Phi) is 3.69. The summed E-state index contributed by atoms with van der Waals surface area (Å²) < 4.78 is 0. The third-order valence-corrected chi connectivity index (χ3v) is 2.77. The number of hydrogen-bond acceptors (Lipinski definition) is 4. The van der Waals surface area contributed by atoms with E-state index in [1.165, 1.54) is 30.8 Å². The van der Waals surface area contributed by atoms with Gasteiger partial charge in [0.05, 0.1) is 0 Å². The molecule has 1 heterocycles. The molecular weight excluding hydrogens is 218 g/mol. The molecular formula is C12H15N3O2. The number of carboxylic acid groups (broad SMARTS) is 1. The third-order valence-electron chi connectivity index (χ3n) is 2.77. The van der Waals surface area contributed by atoms with Crippen molar-refractivity contribution in [1.29, 1.82) is 0 Å². The van der Waals surface area contributed by atoms with Crippen molar-refractivity contribution in [3.63, 3.8) is 0 Å². The Hall–Kier alpha value is -1.91. The van der Waals surface area contributed by atoms with Crippen LogP contribution in [0.5, 0.6) is 0 Å². The van der Waals surface area contributed by atoms with E-state index in [-0.39, 0.29) is 5.69 Å². The van der Waals surface area contributed by atoms with Crippen LogP contribution in [0.25, 0.3) is 0 Å². The first-order chi connectivity index (χ1) is 8.25. The highest BCUT2D eigenvalue weighted by molar-refractivity contribution is 5.85. The van der Waals surface area contributed by atoms with Crippen LogP contribution in [0.15, 0.2) is 24.0 Å². The topological polar surface area (TPSA) is 75.1 Å². The van der Waals surface area contributed by atoms with E-state index in [4.69, 9.17) is 5.11 Å². The molecule has 1 aromatic heterocycles. The van der Waals surface area contributed by atoms with Gasteiger partial charge in [-0.15, -0.1) is 0 Å². The number of carboxylic acids is 1. The molecule has 0 fully saturated rings. The summed E-state index contributed by atoms with van der Waals surface area (Å²) in [6, 6.07) is 1.45. The fraction of sp³-hybridized carbons (Fsp3) is 0.417. The van der Waals surface area contributed by atoms with Gasteiger partial charge in [-0.25, -0.2) is 14.8 Å². The quantitative estimate of drug-likeness (QED) is 0.779. The highest BCUT2D eigenvalue weighted by atomic mass is 16.4. The van der Waals surface area contributed by atoms with Gasteiger partial charge in [0, 0.05) is 12.6 Å². The van der Waals surface area contributed by atoms with Crippen LogP contribution >= 0.6 is 0 Å². The number of nitrogens with one attached hydrogen (secondary N) is 1. The summed E-state index contributed by atoms with van der Waals surface area (Å²) in [5.74, 6) is -0.476. The van der Waals surface area contributed by atoms with Gasteiger partial charge in [0.1, 0.15) is 12.1 Å². The Balaban J connectivity index is 1.96. The van der Waals surface area contributed by atoms with Crippen molar-refractivity contribution in [2.45, 2.75) is 25.7 Å². The Morgan fingerprint density at radius 3 is 3.00 bits per heavy atom.